The number of unbranched alkanes of at least 4 members (excludes halogenated alkanes) is 2. The molecule has 6 nitrogen and oxygen atoms in total. The molecule has 27 heavy (non-hydrogen) atoms. The summed E-state index contributed by atoms with van der Waals surface area (Å²) in [6, 6.07) is 7.99. The Balaban J connectivity index is 2.01. The molecular formula is C21H32N4O2. The molecule has 0 atom stereocenters. The van der Waals surface area contributed by atoms with E-state index in [4.69, 9.17) is 4.98 Å². The zero-order valence-electron chi connectivity index (χ0n) is 16.8. The van der Waals surface area contributed by atoms with Crippen LogP contribution in [0, 0.1) is 0 Å². The number of amides is 2. The summed E-state index contributed by atoms with van der Waals surface area (Å²) in [5.41, 5.74) is 1.96. The highest BCUT2D eigenvalue weighted by atomic mass is 16.2. The monoisotopic (exact) mass is 372 g/mol. The third-order valence-electron chi connectivity index (χ3n) is 4.86. The Kier molecular flexibility index (Phi) is 8.30. The molecule has 1 N–H and O–H groups in total. The van der Waals surface area contributed by atoms with Crippen molar-refractivity contribution < 1.29 is 9.59 Å². The number of likely N-dealkylation sites (N-methyl/N-ethyl adjacent to an activating group) is 1. The zero-order valence-corrected chi connectivity index (χ0v) is 16.8. The second-order valence-electron chi connectivity index (χ2n) is 6.68. The number of nitrogens with zero attached hydrogens (tertiary/aromatic N) is 3. The van der Waals surface area contributed by atoms with Crippen LogP contribution in [0.15, 0.2) is 24.3 Å². The minimum Gasteiger partial charge on any atom is -0.356 e. The molecule has 0 fully saturated rings. The number of nitrogens with one attached hydrogen (secondary N) is 1. The van der Waals surface area contributed by atoms with Crippen LogP contribution in [0.2, 0.25) is 0 Å². The molecule has 0 saturated carbocycles. The second kappa shape index (κ2) is 10.7. The van der Waals surface area contributed by atoms with Gasteiger partial charge in [-0.3, -0.25) is 9.59 Å². The van der Waals surface area contributed by atoms with Crippen LogP contribution < -0.4 is 5.32 Å². The van der Waals surface area contributed by atoms with Crippen LogP contribution in [0.25, 0.3) is 11.0 Å². The fourth-order valence-corrected chi connectivity index (χ4v) is 3.24. The predicted octanol–water partition coefficient (Wildman–Crippen LogP) is 3.14. The summed E-state index contributed by atoms with van der Waals surface area (Å²) in [5, 5.41) is 2.91. The lowest BCUT2D eigenvalue weighted by molar-refractivity contribution is -0.131. The number of aromatic nitrogens is 2. The molecule has 0 aliphatic rings. The van der Waals surface area contributed by atoms with Crippen LogP contribution in [-0.2, 0) is 22.6 Å². The number of aryl methyl sites for hydroxylation is 1. The molecule has 148 valence electrons. The normalized spacial score (nSPS) is 10.9. The minimum atomic E-state index is 0.103. The maximum Gasteiger partial charge on any atom is 0.242 e. The van der Waals surface area contributed by atoms with Crippen molar-refractivity contribution in [2.45, 2.75) is 59.4 Å². The van der Waals surface area contributed by atoms with E-state index < -0.39 is 0 Å². The Labute approximate surface area is 161 Å². The summed E-state index contributed by atoms with van der Waals surface area (Å²) in [5.74, 6) is 1.20. The standard InChI is InChI=1S/C21H32N4O2/c1-4-20(26)22-15-11-7-8-14-19-23-17-12-9-10-13-18(17)25(19)16-21(27)24(5-2)6-3/h9-10,12-13H,4-8,11,14-16H2,1-3H3,(H,22,26). The molecular weight excluding hydrogens is 340 g/mol. The van der Waals surface area contributed by atoms with Crippen molar-refractivity contribution in [2.24, 2.45) is 0 Å². The molecule has 0 bridgehead atoms. The molecule has 1 aromatic heterocycles. The molecule has 0 aliphatic heterocycles. The lowest BCUT2D eigenvalue weighted by Gasteiger charge is -2.20. The molecule has 2 rings (SSSR count). The van der Waals surface area contributed by atoms with E-state index in [1.165, 1.54) is 0 Å². The summed E-state index contributed by atoms with van der Waals surface area (Å²) in [7, 11) is 0. The first-order valence-electron chi connectivity index (χ1n) is 10.1. The average molecular weight is 373 g/mol. The van der Waals surface area contributed by atoms with Crippen molar-refractivity contribution in [2.75, 3.05) is 19.6 Å². The van der Waals surface area contributed by atoms with Gasteiger partial charge in [-0.1, -0.05) is 25.5 Å². The van der Waals surface area contributed by atoms with E-state index in [0.717, 1.165) is 62.2 Å². The van der Waals surface area contributed by atoms with Crippen molar-refractivity contribution >= 4 is 22.8 Å². The SMILES string of the molecule is CCC(=O)NCCCCCc1nc2ccccc2n1CC(=O)N(CC)CC. The number of fused-ring (bicyclic) bond motifs is 1. The Morgan fingerprint density at radius 2 is 1.81 bits per heavy atom. The maximum atomic E-state index is 12.6. The third kappa shape index (κ3) is 5.81. The topological polar surface area (TPSA) is 67.2 Å². The van der Waals surface area contributed by atoms with Crippen LogP contribution in [0.1, 0.15) is 52.3 Å². The summed E-state index contributed by atoms with van der Waals surface area (Å²) < 4.78 is 2.06. The second-order valence-corrected chi connectivity index (χ2v) is 6.68. The molecule has 1 heterocycles. The van der Waals surface area contributed by atoms with Gasteiger partial charge in [0.15, 0.2) is 0 Å². The van der Waals surface area contributed by atoms with Crippen LogP contribution in [-0.4, -0.2) is 45.9 Å². The van der Waals surface area contributed by atoms with Gasteiger partial charge in [-0.2, -0.15) is 0 Å². The Hall–Kier alpha value is -2.37. The molecule has 6 heteroatoms. The van der Waals surface area contributed by atoms with Crippen molar-refractivity contribution in [3.8, 4) is 0 Å². The maximum absolute atomic E-state index is 12.6. The third-order valence-corrected chi connectivity index (χ3v) is 4.86. The van der Waals surface area contributed by atoms with Crippen LogP contribution in [0.3, 0.4) is 0 Å². The van der Waals surface area contributed by atoms with Crippen molar-refractivity contribution in [1.82, 2.24) is 19.8 Å². The van der Waals surface area contributed by atoms with Gasteiger partial charge in [-0.05, 0) is 38.8 Å². The van der Waals surface area contributed by atoms with Gasteiger partial charge in [0.25, 0.3) is 0 Å². The molecule has 2 aromatic rings. The average Bonchev–Trinajstić information content (AvgIpc) is 3.02. The Morgan fingerprint density at radius 1 is 1.07 bits per heavy atom. The van der Waals surface area contributed by atoms with Crippen LogP contribution >= 0.6 is 0 Å². The number of benzene rings is 1. The number of para-hydroxylation sites is 2. The summed E-state index contributed by atoms with van der Waals surface area (Å²) in [4.78, 5) is 30.5. The van der Waals surface area contributed by atoms with E-state index in [1.54, 1.807) is 0 Å². The highest BCUT2D eigenvalue weighted by Crippen LogP contribution is 2.18. The fourth-order valence-electron chi connectivity index (χ4n) is 3.24. The summed E-state index contributed by atoms with van der Waals surface area (Å²) >= 11 is 0. The zero-order chi connectivity index (χ0) is 19.6. The van der Waals surface area contributed by atoms with Gasteiger partial charge in [0.1, 0.15) is 12.4 Å². The summed E-state index contributed by atoms with van der Waals surface area (Å²) in [6.45, 7) is 8.38. The van der Waals surface area contributed by atoms with Crippen LogP contribution in [0.4, 0.5) is 0 Å². The van der Waals surface area contributed by atoms with Gasteiger partial charge in [-0.15, -0.1) is 0 Å². The van der Waals surface area contributed by atoms with Gasteiger partial charge in [0.2, 0.25) is 11.8 Å². The number of hydrogen-bond donors (Lipinski definition) is 1. The first kappa shape index (κ1) is 20.9. The quantitative estimate of drug-likeness (QED) is 0.616. The first-order chi connectivity index (χ1) is 13.1. The van der Waals surface area contributed by atoms with Gasteiger partial charge < -0.3 is 14.8 Å². The van der Waals surface area contributed by atoms with E-state index in [0.29, 0.717) is 13.0 Å². The van der Waals surface area contributed by atoms with Gasteiger partial charge in [-0.25, -0.2) is 4.98 Å². The Bertz CT molecular complexity index is 750. The lowest BCUT2D eigenvalue weighted by Crippen LogP contribution is -2.33. The molecule has 1 aromatic carbocycles. The van der Waals surface area contributed by atoms with Crippen molar-refractivity contribution in [1.29, 1.82) is 0 Å². The molecule has 0 unspecified atom stereocenters. The smallest absolute Gasteiger partial charge is 0.242 e. The minimum absolute atomic E-state index is 0.103. The van der Waals surface area contributed by atoms with E-state index in [9.17, 15) is 9.59 Å². The first-order valence-corrected chi connectivity index (χ1v) is 10.1. The predicted molar refractivity (Wildman–Crippen MR) is 109 cm³/mol. The van der Waals surface area contributed by atoms with Crippen LogP contribution in [0.5, 0.6) is 0 Å². The number of carbonyl (C=O) groups excluding carboxylic acids is 2. The Morgan fingerprint density at radius 3 is 2.52 bits per heavy atom. The fraction of sp³-hybridized carbons (Fsp3) is 0.571. The van der Waals surface area contributed by atoms with E-state index in [1.807, 2.05) is 49.9 Å². The molecule has 0 aliphatic carbocycles. The van der Waals surface area contributed by atoms with Crippen molar-refractivity contribution in [3.63, 3.8) is 0 Å². The number of imidazole rings is 1. The molecule has 2 amide bonds. The highest BCUT2D eigenvalue weighted by Gasteiger charge is 2.16. The number of rotatable bonds is 11. The van der Waals surface area contributed by atoms with Crippen molar-refractivity contribution in [3.05, 3.63) is 30.1 Å². The largest absolute Gasteiger partial charge is 0.356 e. The van der Waals surface area contributed by atoms with Gasteiger partial charge in [0, 0.05) is 32.5 Å². The summed E-state index contributed by atoms with van der Waals surface area (Å²) in [6.07, 6.45) is 4.35. The van der Waals surface area contributed by atoms with Gasteiger partial charge in [0.05, 0.1) is 11.0 Å². The highest BCUT2D eigenvalue weighted by molar-refractivity contribution is 5.81. The molecule has 0 spiro atoms. The molecule has 0 saturated heterocycles. The van der Waals surface area contributed by atoms with E-state index >= 15 is 0 Å². The van der Waals surface area contributed by atoms with Gasteiger partial charge >= 0.3 is 0 Å². The number of hydrogen-bond acceptors (Lipinski definition) is 3. The molecule has 0 radical (unpaired) electrons. The van der Waals surface area contributed by atoms with E-state index in [-0.39, 0.29) is 11.8 Å². The lowest BCUT2D eigenvalue weighted by atomic mass is 10.2. The number of carbonyl (C=O) groups is 2. The van der Waals surface area contributed by atoms with E-state index in [2.05, 4.69) is 9.88 Å².